The van der Waals surface area contributed by atoms with Crippen LogP contribution < -0.4 is 10.1 Å². The second-order valence-corrected chi connectivity index (χ2v) is 10.9. The summed E-state index contributed by atoms with van der Waals surface area (Å²) >= 11 is 3.97. The molecule has 0 aliphatic heterocycles. The van der Waals surface area contributed by atoms with Crippen molar-refractivity contribution in [2.75, 3.05) is 19.0 Å². The molecule has 5 nitrogen and oxygen atoms in total. The van der Waals surface area contributed by atoms with Gasteiger partial charge in [0, 0.05) is 4.32 Å². The fourth-order valence-electron chi connectivity index (χ4n) is 6.15. The number of hydrogen-bond acceptors (Lipinski definition) is 4. The first-order valence-corrected chi connectivity index (χ1v) is 10.9. The molecular formula is C22H28BrNO4. The van der Waals surface area contributed by atoms with E-state index in [9.17, 15) is 9.59 Å². The molecule has 2 atom stereocenters. The highest BCUT2D eigenvalue weighted by atomic mass is 79.9. The summed E-state index contributed by atoms with van der Waals surface area (Å²) in [6.45, 7) is 1.68. The smallest absolute Gasteiger partial charge is 0.306 e. The second kappa shape index (κ2) is 7.36. The Morgan fingerprint density at radius 2 is 1.93 bits per heavy atom. The van der Waals surface area contributed by atoms with Crippen LogP contribution in [-0.2, 0) is 14.3 Å². The molecule has 0 aromatic heterocycles. The maximum absolute atomic E-state index is 12.5. The van der Waals surface area contributed by atoms with Crippen molar-refractivity contribution < 1.29 is 19.1 Å². The molecule has 152 valence electrons. The van der Waals surface area contributed by atoms with Crippen LogP contribution >= 0.6 is 15.9 Å². The molecular weight excluding hydrogens is 422 g/mol. The number of hydrogen-bond donors (Lipinski definition) is 1. The predicted octanol–water partition coefficient (Wildman–Crippen LogP) is 4.61. The number of aryl methyl sites for hydroxylation is 1. The van der Waals surface area contributed by atoms with E-state index in [1.54, 1.807) is 13.2 Å². The van der Waals surface area contributed by atoms with E-state index in [2.05, 4.69) is 21.2 Å². The normalized spacial score (nSPS) is 32.8. The number of nitrogens with one attached hydrogen (secondary N) is 1. The molecule has 5 rings (SSSR count). The van der Waals surface area contributed by atoms with Crippen molar-refractivity contribution in [3.63, 3.8) is 0 Å². The van der Waals surface area contributed by atoms with Crippen molar-refractivity contribution in [3.8, 4) is 5.75 Å². The van der Waals surface area contributed by atoms with Crippen LogP contribution in [-0.4, -0.2) is 29.9 Å². The number of ether oxygens (including phenoxy) is 2. The third kappa shape index (κ3) is 4.07. The number of amides is 1. The monoisotopic (exact) mass is 449 g/mol. The largest absolute Gasteiger partial charge is 0.495 e. The third-order valence-electron chi connectivity index (χ3n) is 6.62. The van der Waals surface area contributed by atoms with E-state index >= 15 is 0 Å². The number of rotatable bonds is 6. The Morgan fingerprint density at radius 1 is 1.21 bits per heavy atom. The number of carbonyl (C=O) groups is 2. The average molecular weight is 450 g/mol. The molecule has 4 aliphatic rings. The number of halogens is 1. The molecule has 4 aliphatic carbocycles. The summed E-state index contributed by atoms with van der Waals surface area (Å²) in [6, 6.07) is 5.56. The van der Waals surface area contributed by atoms with E-state index in [1.807, 2.05) is 19.1 Å². The summed E-state index contributed by atoms with van der Waals surface area (Å²) in [4.78, 5) is 24.8. The van der Waals surface area contributed by atoms with E-state index < -0.39 is 0 Å². The molecule has 6 heteroatoms. The molecule has 4 fully saturated rings. The number of alkyl halides is 1. The van der Waals surface area contributed by atoms with Gasteiger partial charge in [-0.1, -0.05) is 22.0 Å². The highest BCUT2D eigenvalue weighted by Gasteiger charge is 2.57. The Bertz CT molecular complexity index is 779. The zero-order valence-electron chi connectivity index (χ0n) is 16.6. The summed E-state index contributed by atoms with van der Waals surface area (Å²) in [7, 11) is 1.56. The van der Waals surface area contributed by atoms with Crippen molar-refractivity contribution in [1.29, 1.82) is 0 Å². The Morgan fingerprint density at radius 3 is 2.57 bits per heavy atom. The van der Waals surface area contributed by atoms with Crippen molar-refractivity contribution in [3.05, 3.63) is 23.8 Å². The molecule has 4 bridgehead atoms. The van der Waals surface area contributed by atoms with E-state index in [1.165, 1.54) is 19.3 Å². The SMILES string of the molecule is COc1ccc(C)cc1NC(=O)COC(=O)CC12CC3CC(CC(Br)(C3)C1)C2. The number of esters is 1. The van der Waals surface area contributed by atoms with Crippen LogP contribution in [0.5, 0.6) is 5.75 Å². The predicted molar refractivity (Wildman–Crippen MR) is 111 cm³/mol. The van der Waals surface area contributed by atoms with Crippen LogP contribution in [0.4, 0.5) is 5.69 Å². The molecule has 2 unspecified atom stereocenters. The molecule has 28 heavy (non-hydrogen) atoms. The van der Waals surface area contributed by atoms with Gasteiger partial charge in [0.1, 0.15) is 5.75 Å². The van der Waals surface area contributed by atoms with E-state index in [0.29, 0.717) is 17.9 Å². The fraction of sp³-hybridized carbons (Fsp3) is 0.636. The number of anilines is 1. The van der Waals surface area contributed by atoms with Gasteiger partial charge in [0.2, 0.25) is 0 Å². The summed E-state index contributed by atoms with van der Waals surface area (Å²) in [5.74, 6) is 1.43. The lowest BCUT2D eigenvalue weighted by atomic mass is 9.49. The van der Waals surface area contributed by atoms with Gasteiger partial charge in [-0.25, -0.2) is 0 Å². The van der Waals surface area contributed by atoms with E-state index in [0.717, 1.165) is 36.7 Å². The zero-order valence-corrected chi connectivity index (χ0v) is 18.1. The van der Waals surface area contributed by atoms with Crippen molar-refractivity contribution in [1.82, 2.24) is 0 Å². The second-order valence-electron chi connectivity index (χ2n) is 9.20. The topological polar surface area (TPSA) is 64.6 Å². The number of benzene rings is 1. The van der Waals surface area contributed by atoms with Crippen LogP contribution in [0.2, 0.25) is 0 Å². The van der Waals surface area contributed by atoms with Crippen molar-refractivity contribution >= 4 is 33.5 Å². The number of carbonyl (C=O) groups excluding carboxylic acids is 2. The van der Waals surface area contributed by atoms with E-state index in [-0.39, 0.29) is 28.2 Å². The lowest BCUT2D eigenvalue weighted by Crippen LogP contribution is -2.53. The average Bonchev–Trinajstić information content (AvgIpc) is 2.57. The van der Waals surface area contributed by atoms with E-state index in [4.69, 9.17) is 9.47 Å². The summed E-state index contributed by atoms with van der Waals surface area (Å²) < 4.78 is 10.8. The summed E-state index contributed by atoms with van der Waals surface area (Å²) in [5.41, 5.74) is 1.66. The standard InChI is InChI=1S/C22H28BrNO4/c1-14-3-4-18(27-2)17(5-14)24-19(25)12-28-20(26)11-21-7-15-6-16(8-21)10-22(23,9-15)13-21/h3-5,15-16H,6-13H2,1-2H3,(H,24,25). The fourth-order valence-corrected chi connectivity index (χ4v) is 7.66. The Kier molecular flexibility index (Phi) is 5.19. The number of methoxy groups -OCH3 is 1. The molecule has 0 radical (unpaired) electrons. The minimum Gasteiger partial charge on any atom is -0.495 e. The minimum absolute atomic E-state index is 0.0565. The molecule has 0 heterocycles. The van der Waals surface area contributed by atoms with Gasteiger partial charge in [-0.2, -0.15) is 0 Å². The third-order valence-corrected chi connectivity index (χ3v) is 7.55. The first kappa shape index (κ1) is 19.7. The zero-order chi connectivity index (χ0) is 19.9. The van der Waals surface area contributed by atoms with Crippen LogP contribution in [0.25, 0.3) is 0 Å². The van der Waals surface area contributed by atoms with Crippen LogP contribution in [0.3, 0.4) is 0 Å². The van der Waals surface area contributed by atoms with Gasteiger partial charge in [0.05, 0.1) is 19.2 Å². The lowest BCUT2D eigenvalue weighted by Gasteiger charge is -2.60. The first-order valence-electron chi connectivity index (χ1n) is 10.1. The Hall–Kier alpha value is -1.56. The molecule has 1 aromatic rings. The van der Waals surface area contributed by atoms with Crippen LogP contribution in [0.1, 0.15) is 50.5 Å². The maximum Gasteiger partial charge on any atom is 0.306 e. The van der Waals surface area contributed by atoms with Gasteiger partial charge in [-0.3, -0.25) is 9.59 Å². The van der Waals surface area contributed by atoms with Gasteiger partial charge in [-0.15, -0.1) is 0 Å². The highest BCUT2D eigenvalue weighted by Crippen LogP contribution is 2.65. The lowest BCUT2D eigenvalue weighted by molar-refractivity contribution is -0.153. The Labute approximate surface area is 174 Å². The van der Waals surface area contributed by atoms with Crippen molar-refractivity contribution in [2.24, 2.45) is 17.3 Å². The van der Waals surface area contributed by atoms with Crippen LogP contribution in [0, 0.1) is 24.2 Å². The van der Waals surface area contributed by atoms with Crippen LogP contribution in [0.15, 0.2) is 18.2 Å². The van der Waals surface area contributed by atoms with Gasteiger partial charge < -0.3 is 14.8 Å². The van der Waals surface area contributed by atoms with Gasteiger partial charge >= 0.3 is 5.97 Å². The van der Waals surface area contributed by atoms with Crippen molar-refractivity contribution in [2.45, 2.75) is 56.2 Å². The molecule has 0 saturated heterocycles. The molecule has 1 aromatic carbocycles. The molecule has 4 saturated carbocycles. The maximum atomic E-state index is 12.5. The Balaban J connectivity index is 1.31. The first-order chi connectivity index (χ1) is 13.3. The van der Waals surface area contributed by atoms with Gasteiger partial charge in [0.25, 0.3) is 5.91 Å². The quantitative estimate of drug-likeness (QED) is 0.508. The van der Waals surface area contributed by atoms with Gasteiger partial charge in [-0.05, 0) is 80.4 Å². The summed E-state index contributed by atoms with van der Waals surface area (Å²) in [6.07, 6.45) is 7.51. The highest BCUT2D eigenvalue weighted by molar-refractivity contribution is 9.10. The molecule has 1 amide bonds. The summed E-state index contributed by atoms with van der Waals surface area (Å²) in [5, 5.41) is 2.77. The van der Waals surface area contributed by atoms with Gasteiger partial charge in [0.15, 0.2) is 6.61 Å². The molecule has 0 spiro atoms. The minimum atomic E-state index is -0.347. The molecule has 1 N–H and O–H groups in total.